The molecule has 2 aliphatic rings. The van der Waals surface area contributed by atoms with E-state index < -0.39 is 0 Å². The predicted octanol–water partition coefficient (Wildman–Crippen LogP) is 4.24. The molecule has 0 saturated heterocycles. The molecule has 0 aromatic heterocycles. The molecule has 3 rings (SSSR count). The van der Waals surface area contributed by atoms with Crippen molar-refractivity contribution in [3.63, 3.8) is 0 Å². The molecule has 1 N–H and O–H groups in total. The third kappa shape index (κ3) is 2.37. The number of ether oxygens (including phenoxy) is 1. The largest absolute Gasteiger partial charge is 0.486 e. The first-order chi connectivity index (χ1) is 8.33. The smallest absolute Gasteiger partial charge is 0.143 e. The van der Waals surface area contributed by atoms with Gasteiger partial charge in [-0.2, -0.15) is 0 Å². The maximum atomic E-state index is 6.11. The second kappa shape index (κ2) is 4.77. The monoisotopic (exact) mass is 251 g/mol. The fourth-order valence-electron chi connectivity index (χ4n) is 2.84. The maximum Gasteiger partial charge on any atom is 0.143 e. The van der Waals surface area contributed by atoms with E-state index >= 15 is 0 Å². The van der Waals surface area contributed by atoms with Crippen LogP contribution in [0.2, 0.25) is 5.02 Å². The molecule has 0 amide bonds. The first-order valence-corrected chi connectivity index (χ1v) is 6.93. The second-order valence-corrected chi connectivity index (χ2v) is 5.48. The van der Waals surface area contributed by atoms with Gasteiger partial charge in [0.2, 0.25) is 0 Å². The highest BCUT2D eigenvalue weighted by atomic mass is 35.5. The molecule has 3 heteroatoms. The minimum Gasteiger partial charge on any atom is -0.486 e. The van der Waals surface area contributed by atoms with E-state index in [2.05, 4.69) is 5.32 Å². The fraction of sp³-hybridized carbons (Fsp3) is 0.571. The molecule has 1 aromatic carbocycles. The average Bonchev–Trinajstić information content (AvgIpc) is 2.29. The highest BCUT2D eigenvalue weighted by molar-refractivity contribution is 6.30. The Morgan fingerprint density at radius 2 is 1.94 bits per heavy atom. The number of hydrogen-bond donors (Lipinski definition) is 1. The summed E-state index contributed by atoms with van der Waals surface area (Å²) in [6.45, 7) is 0. The van der Waals surface area contributed by atoms with E-state index in [4.69, 9.17) is 16.3 Å². The van der Waals surface area contributed by atoms with Crippen molar-refractivity contribution in [2.24, 2.45) is 0 Å². The minimum atomic E-state index is 0.337. The molecule has 1 aromatic rings. The van der Waals surface area contributed by atoms with Crippen molar-refractivity contribution in [2.75, 3.05) is 5.32 Å². The van der Waals surface area contributed by atoms with E-state index in [1.165, 1.54) is 38.5 Å². The van der Waals surface area contributed by atoms with Crippen molar-refractivity contribution < 1.29 is 4.74 Å². The van der Waals surface area contributed by atoms with Crippen molar-refractivity contribution in [2.45, 2.75) is 50.7 Å². The summed E-state index contributed by atoms with van der Waals surface area (Å²) < 4.78 is 6.11. The third-order valence-electron chi connectivity index (χ3n) is 3.76. The van der Waals surface area contributed by atoms with Gasteiger partial charge in [0.05, 0.1) is 11.7 Å². The minimum absolute atomic E-state index is 0.337. The van der Waals surface area contributed by atoms with Crippen molar-refractivity contribution >= 4 is 17.3 Å². The Morgan fingerprint density at radius 3 is 2.82 bits per heavy atom. The second-order valence-electron chi connectivity index (χ2n) is 5.04. The summed E-state index contributed by atoms with van der Waals surface area (Å²) >= 11 is 6.01. The standard InChI is InChI=1S/C14H18ClNO/c15-10-7-8-14-12(9-10)16-11-5-3-1-2-4-6-13(11)17-14/h7-9,11,13,16H,1-6H2. The number of hydrogen-bond acceptors (Lipinski definition) is 2. The highest BCUT2D eigenvalue weighted by Crippen LogP contribution is 2.36. The van der Waals surface area contributed by atoms with Gasteiger partial charge < -0.3 is 10.1 Å². The van der Waals surface area contributed by atoms with Gasteiger partial charge in [0.1, 0.15) is 11.9 Å². The molecule has 92 valence electrons. The molecular formula is C14H18ClNO. The fourth-order valence-corrected chi connectivity index (χ4v) is 3.01. The molecule has 1 saturated carbocycles. The molecule has 0 radical (unpaired) electrons. The highest BCUT2D eigenvalue weighted by Gasteiger charge is 2.29. The molecule has 1 heterocycles. The first-order valence-electron chi connectivity index (χ1n) is 6.56. The number of nitrogens with one attached hydrogen (secondary N) is 1. The Labute approximate surface area is 107 Å². The first kappa shape index (κ1) is 11.2. The van der Waals surface area contributed by atoms with Crippen LogP contribution < -0.4 is 10.1 Å². The van der Waals surface area contributed by atoms with Crippen molar-refractivity contribution in [1.29, 1.82) is 0 Å². The molecule has 0 bridgehead atoms. The van der Waals surface area contributed by atoms with Crippen molar-refractivity contribution in [1.82, 2.24) is 0 Å². The summed E-state index contributed by atoms with van der Waals surface area (Å²) in [6.07, 6.45) is 7.99. The van der Waals surface area contributed by atoms with Crippen LogP contribution in [0.3, 0.4) is 0 Å². The predicted molar refractivity (Wildman–Crippen MR) is 71.0 cm³/mol. The van der Waals surface area contributed by atoms with Gasteiger partial charge in [-0.1, -0.05) is 30.9 Å². The Morgan fingerprint density at radius 1 is 1.12 bits per heavy atom. The van der Waals surface area contributed by atoms with E-state index in [1.54, 1.807) is 0 Å². The quantitative estimate of drug-likeness (QED) is 0.745. The van der Waals surface area contributed by atoms with E-state index in [0.29, 0.717) is 12.1 Å². The molecule has 1 fully saturated rings. The SMILES string of the molecule is Clc1ccc2c(c1)NC1CCCCCCC1O2. The average molecular weight is 252 g/mol. The van der Waals surface area contributed by atoms with Gasteiger partial charge in [-0.3, -0.25) is 0 Å². The molecule has 2 atom stereocenters. The zero-order chi connectivity index (χ0) is 11.7. The Hall–Kier alpha value is -0.890. The van der Waals surface area contributed by atoms with Crippen LogP contribution >= 0.6 is 11.6 Å². The lowest BCUT2D eigenvalue weighted by Crippen LogP contribution is -2.41. The van der Waals surface area contributed by atoms with Crippen molar-refractivity contribution in [3.8, 4) is 5.75 Å². The topological polar surface area (TPSA) is 21.3 Å². The number of halogens is 1. The van der Waals surface area contributed by atoms with E-state index in [1.807, 2.05) is 18.2 Å². The lowest BCUT2D eigenvalue weighted by molar-refractivity contribution is 0.143. The van der Waals surface area contributed by atoms with Gasteiger partial charge in [0.25, 0.3) is 0 Å². The van der Waals surface area contributed by atoms with Crippen molar-refractivity contribution in [3.05, 3.63) is 23.2 Å². The Bertz CT molecular complexity index is 407. The van der Waals surface area contributed by atoms with Gasteiger partial charge in [-0.25, -0.2) is 0 Å². The summed E-state index contributed by atoms with van der Waals surface area (Å²) in [6, 6.07) is 6.29. The molecule has 0 spiro atoms. The van der Waals surface area contributed by atoms with Crippen LogP contribution in [0.1, 0.15) is 38.5 Å². The van der Waals surface area contributed by atoms with E-state index in [0.717, 1.165) is 16.5 Å². The lowest BCUT2D eigenvalue weighted by atomic mass is 9.93. The number of anilines is 1. The van der Waals surface area contributed by atoms with Crippen LogP contribution in [0.4, 0.5) is 5.69 Å². The van der Waals surface area contributed by atoms with Crippen LogP contribution in [0.15, 0.2) is 18.2 Å². The summed E-state index contributed by atoms with van der Waals surface area (Å²) in [5.41, 5.74) is 1.05. The molecule has 2 nitrogen and oxygen atoms in total. The van der Waals surface area contributed by atoms with Crippen LogP contribution in [-0.2, 0) is 0 Å². The van der Waals surface area contributed by atoms with Gasteiger partial charge in [-0.15, -0.1) is 0 Å². The van der Waals surface area contributed by atoms with Crippen LogP contribution in [0, 0.1) is 0 Å². The number of rotatable bonds is 0. The summed E-state index contributed by atoms with van der Waals surface area (Å²) in [4.78, 5) is 0. The zero-order valence-electron chi connectivity index (χ0n) is 9.92. The maximum absolute atomic E-state index is 6.11. The molecule has 1 aliphatic heterocycles. The van der Waals surface area contributed by atoms with Crippen LogP contribution in [0.5, 0.6) is 5.75 Å². The lowest BCUT2D eigenvalue weighted by Gasteiger charge is -2.36. The summed E-state index contributed by atoms with van der Waals surface area (Å²) in [5.74, 6) is 0.955. The normalized spacial score (nSPS) is 27.8. The number of fused-ring (bicyclic) bond motifs is 2. The van der Waals surface area contributed by atoms with Crippen LogP contribution in [-0.4, -0.2) is 12.1 Å². The summed E-state index contributed by atoms with van der Waals surface area (Å²) in [7, 11) is 0. The van der Waals surface area contributed by atoms with Gasteiger partial charge in [0.15, 0.2) is 0 Å². The van der Waals surface area contributed by atoms with E-state index in [9.17, 15) is 0 Å². The van der Waals surface area contributed by atoms with Gasteiger partial charge in [0, 0.05) is 5.02 Å². The third-order valence-corrected chi connectivity index (χ3v) is 4.00. The molecule has 1 aliphatic carbocycles. The Kier molecular flexibility index (Phi) is 3.15. The van der Waals surface area contributed by atoms with E-state index in [-0.39, 0.29) is 0 Å². The molecule has 2 unspecified atom stereocenters. The number of benzene rings is 1. The molecular weight excluding hydrogens is 234 g/mol. The van der Waals surface area contributed by atoms with Crippen LogP contribution in [0.25, 0.3) is 0 Å². The molecule has 17 heavy (non-hydrogen) atoms. The van der Waals surface area contributed by atoms with Gasteiger partial charge in [-0.05, 0) is 37.5 Å². The Balaban J connectivity index is 1.84. The van der Waals surface area contributed by atoms with Gasteiger partial charge >= 0.3 is 0 Å². The summed E-state index contributed by atoms with van der Waals surface area (Å²) in [5, 5.41) is 4.37. The zero-order valence-corrected chi connectivity index (χ0v) is 10.7.